The van der Waals surface area contributed by atoms with Crippen LogP contribution < -0.4 is 5.56 Å². The van der Waals surface area contributed by atoms with Crippen molar-refractivity contribution in [2.24, 2.45) is 0 Å². The fourth-order valence-electron chi connectivity index (χ4n) is 1.50. The van der Waals surface area contributed by atoms with Gasteiger partial charge in [-0.25, -0.2) is 0 Å². The fraction of sp³-hybridized carbons (Fsp3) is 0.167. The van der Waals surface area contributed by atoms with E-state index in [-0.39, 0.29) is 5.56 Å². The van der Waals surface area contributed by atoms with E-state index in [4.69, 9.17) is 5.26 Å². The lowest BCUT2D eigenvalue weighted by atomic mass is 10.3. The molecule has 2 rings (SSSR count). The highest BCUT2D eigenvalue weighted by Crippen LogP contribution is 2.16. The molecule has 0 bridgehead atoms. The number of benzene rings is 1. The van der Waals surface area contributed by atoms with Crippen LogP contribution in [0, 0.1) is 11.3 Å². The molecule has 0 spiro atoms. The smallest absolute Gasteiger partial charge is 0.268 e. The molecule has 16 heavy (non-hydrogen) atoms. The second-order valence-electron chi connectivity index (χ2n) is 3.55. The van der Waals surface area contributed by atoms with Gasteiger partial charge in [0, 0.05) is 6.08 Å². The van der Waals surface area contributed by atoms with E-state index in [0.717, 1.165) is 15.7 Å². The Balaban J connectivity index is 2.48. The summed E-state index contributed by atoms with van der Waals surface area (Å²) in [6.45, 7) is 2.34. The van der Waals surface area contributed by atoms with E-state index in [1.165, 1.54) is 17.6 Å². The van der Waals surface area contributed by atoms with Crippen LogP contribution in [0.4, 0.5) is 0 Å². The van der Waals surface area contributed by atoms with Crippen LogP contribution in [0.1, 0.15) is 6.92 Å². The van der Waals surface area contributed by atoms with Gasteiger partial charge in [-0.3, -0.25) is 8.75 Å². The van der Waals surface area contributed by atoms with E-state index in [1.54, 1.807) is 3.96 Å². The molecule has 3 nitrogen and oxygen atoms in total. The summed E-state index contributed by atoms with van der Waals surface area (Å²) < 4.78 is 2.66. The van der Waals surface area contributed by atoms with Gasteiger partial charge in [0.25, 0.3) is 5.56 Å². The zero-order valence-corrected chi connectivity index (χ0v) is 9.62. The Morgan fingerprint density at radius 1 is 1.56 bits per heavy atom. The van der Waals surface area contributed by atoms with E-state index in [0.29, 0.717) is 6.54 Å². The van der Waals surface area contributed by atoms with Crippen LogP contribution in [0.2, 0.25) is 0 Å². The van der Waals surface area contributed by atoms with Crippen molar-refractivity contribution in [3.8, 4) is 6.07 Å². The number of hydrogen-bond acceptors (Lipinski definition) is 3. The van der Waals surface area contributed by atoms with E-state index in [1.807, 2.05) is 37.3 Å². The topological polar surface area (TPSA) is 45.8 Å². The van der Waals surface area contributed by atoms with Crippen LogP contribution in [0.15, 0.2) is 40.7 Å². The van der Waals surface area contributed by atoms with E-state index >= 15 is 0 Å². The first-order valence-electron chi connectivity index (χ1n) is 4.86. The molecule has 4 heteroatoms. The van der Waals surface area contributed by atoms with Gasteiger partial charge in [0.2, 0.25) is 0 Å². The molecule has 0 radical (unpaired) electrons. The molecule has 0 N–H and O–H groups in total. The van der Waals surface area contributed by atoms with Crippen LogP contribution in [-0.2, 0) is 6.54 Å². The number of rotatable bonds is 2. The molecule has 0 fully saturated rings. The van der Waals surface area contributed by atoms with Gasteiger partial charge in [0.05, 0.1) is 22.7 Å². The van der Waals surface area contributed by atoms with Crippen LogP contribution in [-0.4, -0.2) is 3.96 Å². The van der Waals surface area contributed by atoms with Gasteiger partial charge in [-0.1, -0.05) is 23.7 Å². The van der Waals surface area contributed by atoms with Gasteiger partial charge in [-0.2, -0.15) is 5.26 Å². The Hall–Kier alpha value is -1.86. The van der Waals surface area contributed by atoms with Gasteiger partial charge in [-0.05, 0) is 24.6 Å². The highest BCUT2D eigenvalue weighted by molar-refractivity contribution is 7.13. The third kappa shape index (κ3) is 1.90. The predicted molar refractivity (Wildman–Crippen MR) is 65.5 cm³/mol. The summed E-state index contributed by atoms with van der Waals surface area (Å²) in [5.74, 6) is 0. The molecule has 0 unspecified atom stereocenters. The molecule has 2 aromatic rings. The number of hydrogen-bond donors (Lipinski definition) is 0. The van der Waals surface area contributed by atoms with Gasteiger partial charge in [0.1, 0.15) is 0 Å². The Morgan fingerprint density at radius 3 is 3.00 bits per heavy atom. The lowest BCUT2D eigenvalue weighted by Gasteiger charge is -1.97. The Labute approximate surface area is 97.0 Å². The maximum atomic E-state index is 11.9. The SMILES string of the molecule is C/C(=C\C#N)Cn1sc2ccccc2c1=O. The Bertz CT molecular complexity index is 643. The van der Waals surface area contributed by atoms with E-state index in [9.17, 15) is 4.79 Å². The summed E-state index contributed by atoms with van der Waals surface area (Å²) in [6.07, 6.45) is 1.47. The quantitative estimate of drug-likeness (QED) is 0.744. The first-order chi connectivity index (χ1) is 7.72. The van der Waals surface area contributed by atoms with Gasteiger partial charge >= 0.3 is 0 Å². The van der Waals surface area contributed by atoms with Crippen molar-refractivity contribution in [3.63, 3.8) is 0 Å². The maximum absolute atomic E-state index is 11.9. The summed E-state index contributed by atoms with van der Waals surface area (Å²) in [4.78, 5) is 11.9. The number of nitrogens with zero attached hydrogens (tertiary/aromatic N) is 2. The Kier molecular flexibility index (Phi) is 2.88. The van der Waals surface area contributed by atoms with Gasteiger partial charge < -0.3 is 0 Å². The van der Waals surface area contributed by atoms with E-state index < -0.39 is 0 Å². The molecule has 1 aromatic carbocycles. The monoisotopic (exact) mass is 230 g/mol. The lowest BCUT2D eigenvalue weighted by Crippen LogP contribution is -2.13. The van der Waals surface area contributed by atoms with Crippen molar-refractivity contribution in [1.82, 2.24) is 3.96 Å². The largest absolute Gasteiger partial charge is 0.268 e. The number of fused-ring (bicyclic) bond motifs is 1. The molecule has 1 heterocycles. The van der Waals surface area contributed by atoms with Gasteiger partial charge in [0.15, 0.2) is 0 Å². The highest BCUT2D eigenvalue weighted by atomic mass is 32.1. The zero-order chi connectivity index (χ0) is 11.5. The number of nitriles is 1. The molecule has 0 atom stereocenters. The minimum absolute atomic E-state index is 0.0197. The average molecular weight is 230 g/mol. The van der Waals surface area contributed by atoms with Crippen molar-refractivity contribution in [3.05, 3.63) is 46.3 Å². The normalized spacial score (nSPS) is 11.6. The summed E-state index contributed by atoms with van der Waals surface area (Å²) >= 11 is 1.43. The van der Waals surface area contributed by atoms with E-state index in [2.05, 4.69) is 0 Å². The lowest BCUT2D eigenvalue weighted by molar-refractivity contribution is 0.836. The van der Waals surface area contributed by atoms with Crippen molar-refractivity contribution in [2.75, 3.05) is 0 Å². The van der Waals surface area contributed by atoms with Crippen molar-refractivity contribution in [1.29, 1.82) is 5.26 Å². The summed E-state index contributed by atoms with van der Waals surface area (Å²) in [5, 5.41) is 9.26. The number of allylic oxidation sites excluding steroid dienone is 2. The number of aromatic nitrogens is 1. The van der Waals surface area contributed by atoms with Crippen LogP contribution >= 0.6 is 11.5 Å². The molecular formula is C12H10N2OS. The second kappa shape index (κ2) is 4.33. The van der Waals surface area contributed by atoms with Crippen LogP contribution in [0.3, 0.4) is 0 Å². The third-order valence-corrected chi connectivity index (χ3v) is 3.32. The predicted octanol–water partition coefficient (Wildman–Crippen LogP) is 2.53. The van der Waals surface area contributed by atoms with Gasteiger partial charge in [-0.15, -0.1) is 0 Å². The molecule has 0 aliphatic carbocycles. The van der Waals surface area contributed by atoms with Crippen molar-refractivity contribution < 1.29 is 0 Å². The highest BCUT2D eigenvalue weighted by Gasteiger charge is 2.06. The summed E-state index contributed by atoms with van der Waals surface area (Å²) in [5.41, 5.74) is 0.905. The first kappa shape index (κ1) is 10.7. The molecule has 0 aliphatic rings. The second-order valence-corrected chi connectivity index (χ2v) is 4.61. The molecular weight excluding hydrogens is 220 g/mol. The van der Waals surface area contributed by atoms with Crippen LogP contribution in [0.5, 0.6) is 0 Å². The summed E-state index contributed by atoms with van der Waals surface area (Å²) in [6, 6.07) is 9.50. The standard InChI is InChI=1S/C12H10N2OS/c1-9(6-7-13)8-14-12(15)10-4-2-3-5-11(10)16-14/h2-6H,8H2,1H3/b9-6+. The van der Waals surface area contributed by atoms with Crippen molar-refractivity contribution >= 4 is 21.6 Å². The average Bonchev–Trinajstić information content (AvgIpc) is 2.57. The molecule has 1 aromatic heterocycles. The molecule has 0 saturated heterocycles. The third-order valence-electron chi connectivity index (χ3n) is 2.26. The maximum Gasteiger partial charge on any atom is 0.268 e. The zero-order valence-electron chi connectivity index (χ0n) is 8.80. The summed E-state index contributed by atoms with van der Waals surface area (Å²) in [7, 11) is 0. The fourth-order valence-corrected chi connectivity index (χ4v) is 2.58. The van der Waals surface area contributed by atoms with Crippen LogP contribution in [0.25, 0.3) is 10.1 Å². The molecule has 80 valence electrons. The molecule has 0 amide bonds. The first-order valence-corrected chi connectivity index (χ1v) is 5.64. The minimum Gasteiger partial charge on any atom is -0.268 e. The molecule has 0 saturated carbocycles. The molecule has 0 aliphatic heterocycles. The Morgan fingerprint density at radius 2 is 2.31 bits per heavy atom. The minimum atomic E-state index is 0.0197. The van der Waals surface area contributed by atoms with Crippen molar-refractivity contribution in [2.45, 2.75) is 13.5 Å².